The fraction of sp³-hybridized carbons (Fsp3) is 0.133. The molecule has 1 amide bonds. The van der Waals surface area contributed by atoms with Crippen LogP contribution in [0.4, 0.5) is 11.4 Å². The number of anilines is 1. The number of fused-ring (bicyclic) bond motifs is 3. The minimum Gasteiger partial charge on any atom is -0.378 e. The van der Waals surface area contributed by atoms with E-state index < -0.39 is 4.92 Å². The van der Waals surface area contributed by atoms with Gasteiger partial charge in [-0.3, -0.25) is 19.7 Å². The first kappa shape index (κ1) is 24.7. The van der Waals surface area contributed by atoms with Crippen LogP contribution in [0.3, 0.4) is 0 Å². The number of hydrogen-bond donors (Lipinski definition) is 0. The smallest absolute Gasteiger partial charge is 0.271 e. The number of nitrogens with zero attached hydrogens (tertiary/aromatic N) is 4. The van der Waals surface area contributed by atoms with E-state index in [0.29, 0.717) is 29.9 Å². The Morgan fingerprint density at radius 3 is 2.45 bits per heavy atom. The SMILES string of the molecule is C=CCN1Cc2c(-c3ccc(N(C)C)cc3)c3cc(C(=O)C=Cc4ccc([N+](=O)[O-])cc4)ccn3c2C1=O. The van der Waals surface area contributed by atoms with Gasteiger partial charge < -0.3 is 14.2 Å². The van der Waals surface area contributed by atoms with Gasteiger partial charge in [-0.2, -0.15) is 0 Å². The number of nitro groups is 1. The molecule has 38 heavy (non-hydrogen) atoms. The van der Waals surface area contributed by atoms with E-state index in [1.807, 2.05) is 53.7 Å². The van der Waals surface area contributed by atoms with Crippen LogP contribution in [-0.4, -0.2) is 46.6 Å². The molecule has 2 aromatic heterocycles. The molecule has 0 saturated heterocycles. The van der Waals surface area contributed by atoms with E-state index in [1.54, 1.807) is 41.4 Å². The molecule has 0 N–H and O–H groups in total. The number of nitro benzene ring substituents is 1. The maximum Gasteiger partial charge on any atom is 0.271 e. The zero-order valence-corrected chi connectivity index (χ0v) is 21.1. The van der Waals surface area contributed by atoms with Crippen molar-refractivity contribution in [2.75, 3.05) is 25.5 Å². The fourth-order valence-corrected chi connectivity index (χ4v) is 4.78. The largest absolute Gasteiger partial charge is 0.378 e. The van der Waals surface area contributed by atoms with Crippen molar-refractivity contribution in [3.05, 3.63) is 118 Å². The van der Waals surface area contributed by atoms with Gasteiger partial charge in [0, 0.05) is 67.9 Å². The lowest BCUT2D eigenvalue weighted by Crippen LogP contribution is -2.25. The van der Waals surface area contributed by atoms with E-state index in [-0.39, 0.29) is 17.4 Å². The number of carbonyl (C=O) groups excluding carboxylic acids is 2. The first-order valence-electron chi connectivity index (χ1n) is 12.1. The molecular weight excluding hydrogens is 480 g/mol. The number of allylic oxidation sites excluding steroid dienone is 1. The molecule has 4 aromatic rings. The number of amides is 1. The highest BCUT2D eigenvalue weighted by molar-refractivity contribution is 6.09. The lowest BCUT2D eigenvalue weighted by molar-refractivity contribution is -0.384. The maximum absolute atomic E-state index is 13.3. The van der Waals surface area contributed by atoms with Gasteiger partial charge in [-0.15, -0.1) is 6.58 Å². The molecule has 8 nitrogen and oxygen atoms in total. The predicted molar refractivity (Wildman–Crippen MR) is 149 cm³/mol. The van der Waals surface area contributed by atoms with Crippen molar-refractivity contribution in [1.82, 2.24) is 9.30 Å². The van der Waals surface area contributed by atoms with Crippen LogP contribution in [0.1, 0.15) is 32.0 Å². The third-order valence-electron chi connectivity index (χ3n) is 6.72. The molecule has 2 aromatic carbocycles. The van der Waals surface area contributed by atoms with E-state index in [0.717, 1.165) is 27.9 Å². The molecule has 0 aliphatic carbocycles. The first-order chi connectivity index (χ1) is 18.3. The number of benzene rings is 2. The van der Waals surface area contributed by atoms with Gasteiger partial charge in [0.2, 0.25) is 0 Å². The minimum atomic E-state index is -0.463. The Morgan fingerprint density at radius 2 is 1.82 bits per heavy atom. The van der Waals surface area contributed by atoms with Crippen LogP contribution in [0.2, 0.25) is 0 Å². The Bertz CT molecular complexity index is 1610. The van der Waals surface area contributed by atoms with Gasteiger partial charge in [0.05, 0.1) is 10.4 Å². The number of non-ortho nitro benzene ring substituents is 1. The van der Waals surface area contributed by atoms with E-state index in [9.17, 15) is 19.7 Å². The number of carbonyl (C=O) groups is 2. The Morgan fingerprint density at radius 1 is 1.11 bits per heavy atom. The minimum absolute atomic E-state index is 0.00689. The molecule has 1 aliphatic heterocycles. The Labute approximate surface area is 219 Å². The molecule has 3 heterocycles. The van der Waals surface area contributed by atoms with Crippen LogP contribution >= 0.6 is 0 Å². The van der Waals surface area contributed by atoms with Crippen molar-refractivity contribution in [2.24, 2.45) is 0 Å². The maximum atomic E-state index is 13.3. The van der Waals surface area contributed by atoms with Crippen LogP contribution in [-0.2, 0) is 6.54 Å². The van der Waals surface area contributed by atoms with Gasteiger partial charge in [-0.1, -0.05) is 24.3 Å². The molecule has 190 valence electrons. The van der Waals surface area contributed by atoms with E-state index in [1.165, 1.54) is 18.2 Å². The summed E-state index contributed by atoms with van der Waals surface area (Å²) in [6.07, 6.45) is 6.57. The summed E-state index contributed by atoms with van der Waals surface area (Å²) >= 11 is 0. The molecule has 0 atom stereocenters. The zero-order valence-electron chi connectivity index (χ0n) is 21.1. The average Bonchev–Trinajstić information content (AvgIpc) is 3.40. The fourth-order valence-electron chi connectivity index (χ4n) is 4.78. The molecule has 0 saturated carbocycles. The van der Waals surface area contributed by atoms with Crippen molar-refractivity contribution in [3.63, 3.8) is 0 Å². The number of pyridine rings is 1. The van der Waals surface area contributed by atoms with Gasteiger partial charge in [0.15, 0.2) is 5.78 Å². The van der Waals surface area contributed by atoms with Crippen LogP contribution in [0, 0.1) is 10.1 Å². The topological polar surface area (TPSA) is 88.2 Å². The summed E-state index contributed by atoms with van der Waals surface area (Å²) in [4.78, 5) is 40.5. The highest BCUT2D eigenvalue weighted by Crippen LogP contribution is 2.39. The van der Waals surface area contributed by atoms with Gasteiger partial charge in [-0.05, 0) is 53.6 Å². The lowest BCUT2D eigenvalue weighted by Gasteiger charge is -2.16. The molecule has 0 fully saturated rings. The molecule has 5 rings (SSSR count). The molecule has 0 radical (unpaired) electrons. The van der Waals surface area contributed by atoms with E-state index in [4.69, 9.17) is 0 Å². The van der Waals surface area contributed by atoms with E-state index in [2.05, 4.69) is 6.58 Å². The summed E-state index contributed by atoms with van der Waals surface area (Å²) in [5.74, 6) is -0.274. The average molecular weight is 507 g/mol. The van der Waals surface area contributed by atoms with E-state index >= 15 is 0 Å². The van der Waals surface area contributed by atoms with Gasteiger partial charge in [0.25, 0.3) is 11.6 Å². The number of aromatic nitrogens is 1. The summed E-state index contributed by atoms with van der Waals surface area (Å²) < 4.78 is 1.87. The second kappa shape index (κ2) is 9.82. The second-order valence-corrected chi connectivity index (χ2v) is 9.33. The standard InChI is InChI=1S/C30H26N4O4/c1-4-16-32-19-25-28(21-8-12-23(13-9-21)31(2)3)26-18-22(15-17-33(26)29(25)30(32)36)27(35)14-7-20-5-10-24(11-6-20)34(37)38/h4-15,17-18H,1,16,19H2,2-3H3. The summed E-state index contributed by atoms with van der Waals surface area (Å²) in [5, 5.41) is 10.9. The van der Waals surface area contributed by atoms with Crippen LogP contribution in [0.5, 0.6) is 0 Å². The van der Waals surface area contributed by atoms with Gasteiger partial charge in [-0.25, -0.2) is 0 Å². The second-order valence-electron chi connectivity index (χ2n) is 9.33. The monoisotopic (exact) mass is 506 g/mol. The Kier molecular flexibility index (Phi) is 6.38. The summed E-state index contributed by atoms with van der Waals surface area (Å²) in [7, 11) is 3.96. The number of ketones is 1. The van der Waals surface area contributed by atoms with Crippen molar-refractivity contribution in [2.45, 2.75) is 6.54 Å². The Balaban J connectivity index is 1.56. The normalized spacial score (nSPS) is 12.8. The summed E-state index contributed by atoms with van der Waals surface area (Å²) in [5.41, 5.74) is 6.43. The summed E-state index contributed by atoms with van der Waals surface area (Å²) in [6, 6.07) is 17.7. The third kappa shape index (κ3) is 4.37. The van der Waals surface area contributed by atoms with Crippen molar-refractivity contribution < 1.29 is 14.5 Å². The quantitative estimate of drug-likeness (QED) is 0.102. The predicted octanol–water partition coefficient (Wildman–Crippen LogP) is 5.62. The highest BCUT2D eigenvalue weighted by Gasteiger charge is 2.34. The van der Waals surface area contributed by atoms with Crippen molar-refractivity contribution >= 4 is 34.7 Å². The van der Waals surface area contributed by atoms with Crippen molar-refractivity contribution in [3.8, 4) is 11.1 Å². The van der Waals surface area contributed by atoms with Gasteiger partial charge in [0.1, 0.15) is 5.69 Å². The molecule has 0 spiro atoms. The Hall–Kier alpha value is -4.98. The van der Waals surface area contributed by atoms with Crippen LogP contribution in [0.25, 0.3) is 22.7 Å². The number of hydrogen-bond acceptors (Lipinski definition) is 5. The van der Waals surface area contributed by atoms with Crippen LogP contribution < -0.4 is 4.90 Å². The van der Waals surface area contributed by atoms with Crippen LogP contribution in [0.15, 0.2) is 85.6 Å². The third-order valence-corrected chi connectivity index (χ3v) is 6.72. The van der Waals surface area contributed by atoms with Gasteiger partial charge >= 0.3 is 0 Å². The molecular formula is C30H26N4O4. The zero-order chi connectivity index (χ0) is 27.0. The number of rotatable bonds is 8. The summed E-state index contributed by atoms with van der Waals surface area (Å²) in [6.45, 7) is 4.70. The van der Waals surface area contributed by atoms with Crippen molar-refractivity contribution in [1.29, 1.82) is 0 Å². The molecule has 0 bridgehead atoms. The molecule has 1 aliphatic rings. The highest BCUT2D eigenvalue weighted by atomic mass is 16.6. The lowest BCUT2D eigenvalue weighted by atomic mass is 10.00. The first-order valence-corrected chi connectivity index (χ1v) is 12.1. The molecule has 0 unspecified atom stereocenters. The molecule has 8 heteroatoms.